The van der Waals surface area contributed by atoms with Gasteiger partial charge < -0.3 is 15.2 Å². The van der Waals surface area contributed by atoms with Crippen molar-refractivity contribution in [2.75, 3.05) is 25.0 Å². The molecule has 2 amide bonds. The van der Waals surface area contributed by atoms with Gasteiger partial charge in [0.15, 0.2) is 0 Å². The molecule has 0 aliphatic carbocycles. The van der Waals surface area contributed by atoms with Crippen LogP contribution in [0.3, 0.4) is 0 Å². The van der Waals surface area contributed by atoms with E-state index >= 15 is 0 Å². The Bertz CT molecular complexity index is 1230. The lowest BCUT2D eigenvalue weighted by molar-refractivity contribution is -0.121. The highest BCUT2D eigenvalue weighted by Gasteiger charge is 2.28. The number of nitrogens with one attached hydrogen (secondary N) is 2. The molecule has 1 fully saturated rings. The minimum atomic E-state index is -0.265. The summed E-state index contributed by atoms with van der Waals surface area (Å²) < 4.78 is 5.43. The first-order chi connectivity index (χ1) is 16.9. The van der Waals surface area contributed by atoms with Crippen molar-refractivity contribution < 1.29 is 14.1 Å². The maximum absolute atomic E-state index is 13.0. The average molecular weight is 514 g/mol. The first kappa shape index (κ1) is 24.9. The Kier molecular flexibility index (Phi) is 8.17. The van der Waals surface area contributed by atoms with E-state index in [2.05, 4.69) is 32.3 Å². The molecule has 3 aromatic rings. The van der Waals surface area contributed by atoms with Crippen LogP contribution >= 0.6 is 23.2 Å². The number of likely N-dealkylation sites (tertiary alicyclic amines) is 1. The molecule has 2 N–H and O–H groups in total. The van der Waals surface area contributed by atoms with E-state index in [4.69, 9.17) is 27.7 Å². The van der Waals surface area contributed by atoms with Crippen LogP contribution in [0, 0.1) is 5.92 Å². The van der Waals surface area contributed by atoms with Crippen molar-refractivity contribution in [2.24, 2.45) is 5.92 Å². The number of para-hydroxylation sites is 1. The van der Waals surface area contributed by atoms with Gasteiger partial charge in [0.05, 0.1) is 28.7 Å². The Morgan fingerprint density at radius 1 is 1.23 bits per heavy atom. The molecule has 0 spiro atoms. The molecule has 0 bridgehead atoms. The summed E-state index contributed by atoms with van der Waals surface area (Å²) >= 11 is 12.2. The molecule has 0 radical (unpaired) electrons. The zero-order valence-electron chi connectivity index (χ0n) is 19.0. The smallest absolute Gasteiger partial charge is 0.253 e. The number of hydrogen-bond donors (Lipinski definition) is 2. The third kappa shape index (κ3) is 6.28. The van der Waals surface area contributed by atoms with Crippen molar-refractivity contribution in [3.05, 3.63) is 76.6 Å². The van der Waals surface area contributed by atoms with Crippen LogP contribution in [-0.4, -0.2) is 46.5 Å². The fourth-order valence-electron chi connectivity index (χ4n) is 3.99. The van der Waals surface area contributed by atoms with Crippen LogP contribution in [0.1, 0.15) is 29.1 Å². The lowest BCUT2D eigenvalue weighted by Gasteiger charge is -2.31. The Balaban J connectivity index is 1.39. The van der Waals surface area contributed by atoms with Crippen molar-refractivity contribution >= 4 is 40.7 Å². The van der Waals surface area contributed by atoms with E-state index in [1.54, 1.807) is 48.5 Å². The van der Waals surface area contributed by atoms with Crippen molar-refractivity contribution in [1.82, 2.24) is 20.4 Å². The number of rotatable bonds is 8. The molecule has 1 unspecified atom stereocenters. The van der Waals surface area contributed by atoms with Crippen LogP contribution in [0.15, 0.2) is 59.6 Å². The highest BCUT2D eigenvalue weighted by atomic mass is 35.5. The van der Waals surface area contributed by atoms with Crippen LogP contribution in [-0.2, 0) is 11.3 Å². The van der Waals surface area contributed by atoms with Crippen LogP contribution in [0.25, 0.3) is 11.4 Å². The van der Waals surface area contributed by atoms with Crippen molar-refractivity contribution in [3.63, 3.8) is 0 Å². The van der Waals surface area contributed by atoms with E-state index in [-0.39, 0.29) is 17.7 Å². The quantitative estimate of drug-likeness (QED) is 0.419. The number of carbonyl (C=O) groups is 2. The number of nitrogens with zero attached hydrogens (tertiary/aromatic N) is 3. The van der Waals surface area contributed by atoms with Crippen LogP contribution in [0.4, 0.5) is 5.69 Å². The summed E-state index contributed by atoms with van der Waals surface area (Å²) in [5.41, 5.74) is 1.53. The summed E-state index contributed by atoms with van der Waals surface area (Å²) in [6.07, 6.45) is 3.21. The molecule has 10 heteroatoms. The van der Waals surface area contributed by atoms with Crippen LogP contribution in [0.2, 0.25) is 10.0 Å². The van der Waals surface area contributed by atoms with E-state index in [1.807, 2.05) is 0 Å². The molecule has 4 rings (SSSR count). The number of hydrogen-bond acceptors (Lipinski definition) is 6. The molecule has 182 valence electrons. The fourth-order valence-corrected chi connectivity index (χ4v) is 4.48. The number of carbonyl (C=O) groups excluding carboxylic acids is 2. The summed E-state index contributed by atoms with van der Waals surface area (Å²) in [7, 11) is 0. The van der Waals surface area contributed by atoms with Crippen LogP contribution in [0.5, 0.6) is 0 Å². The van der Waals surface area contributed by atoms with Gasteiger partial charge in [-0.15, -0.1) is 6.58 Å². The molecular weight excluding hydrogens is 489 g/mol. The Labute approximate surface area is 213 Å². The van der Waals surface area contributed by atoms with Gasteiger partial charge in [-0.1, -0.05) is 46.6 Å². The van der Waals surface area contributed by atoms with E-state index in [1.165, 1.54) is 0 Å². The second-order valence-electron chi connectivity index (χ2n) is 8.24. The number of halogens is 2. The average Bonchev–Trinajstić information content (AvgIpc) is 3.31. The first-order valence-corrected chi connectivity index (χ1v) is 12.0. The molecular formula is C25H25Cl2N5O3. The maximum Gasteiger partial charge on any atom is 0.253 e. The largest absolute Gasteiger partial charge is 0.349 e. The fraction of sp³-hybridized carbons (Fsp3) is 0.280. The van der Waals surface area contributed by atoms with Crippen LogP contribution < -0.4 is 10.6 Å². The number of anilines is 1. The molecule has 2 heterocycles. The molecule has 2 aromatic carbocycles. The number of benzene rings is 2. The molecule has 1 aliphatic heterocycles. The van der Waals surface area contributed by atoms with Gasteiger partial charge in [-0.2, -0.15) is 4.98 Å². The van der Waals surface area contributed by atoms with Gasteiger partial charge in [-0.05, 0) is 49.7 Å². The molecule has 1 saturated heterocycles. The highest BCUT2D eigenvalue weighted by Crippen LogP contribution is 2.29. The zero-order chi connectivity index (χ0) is 24.8. The van der Waals surface area contributed by atoms with E-state index in [9.17, 15) is 9.59 Å². The van der Waals surface area contributed by atoms with Gasteiger partial charge in [0.1, 0.15) is 0 Å². The lowest BCUT2D eigenvalue weighted by atomic mass is 9.96. The molecule has 35 heavy (non-hydrogen) atoms. The van der Waals surface area contributed by atoms with Crippen molar-refractivity contribution in [3.8, 4) is 11.4 Å². The monoisotopic (exact) mass is 513 g/mol. The minimum absolute atomic E-state index is 0.127. The SMILES string of the molecule is C=CCNC(=O)c1ccccc1NC(=O)C1CCCN(Cc2nc(-c3ccc(Cl)cc3Cl)no2)C1. The summed E-state index contributed by atoms with van der Waals surface area (Å²) in [5.74, 6) is 0.202. The van der Waals surface area contributed by atoms with Gasteiger partial charge in [-0.25, -0.2) is 0 Å². The third-order valence-corrected chi connectivity index (χ3v) is 6.26. The summed E-state index contributed by atoms with van der Waals surface area (Å²) in [6.45, 7) is 5.72. The zero-order valence-corrected chi connectivity index (χ0v) is 20.5. The standard InChI is InChI=1S/C25H25Cl2N5O3/c1-2-11-28-25(34)19-7-3-4-8-21(19)29-24(33)16-6-5-12-32(14-16)15-22-30-23(31-35-22)18-10-9-17(26)13-20(18)27/h2-4,7-10,13,16H,1,5-6,11-12,14-15H2,(H,28,34)(H,29,33). The van der Waals surface area contributed by atoms with Gasteiger partial charge in [0.25, 0.3) is 5.91 Å². The second-order valence-corrected chi connectivity index (χ2v) is 9.09. The number of aromatic nitrogens is 2. The third-order valence-electron chi connectivity index (χ3n) is 5.71. The Morgan fingerprint density at radius 2 is 2.06 bits per heavy atom. The van der Waals surface area contributed by atoms with E-state index in [0.717, 1.165) is 19.4 Å². The number of amides is 2. The van der Waals surface area contributed by atoms with Crippen molar-refractivity contribution in [2.45, 2.75) is 19.4 Å². The van der Waals surface area contributed by atoms with Gasteiger partial charge >= 0.3 is 0 Å². The molecule has 1 atom stereocenters. The normalized spacial score (nSPS) is 16.0. The second kappa shape index (κ2) is 11.5. The molecule has 8 nitrogen and oxygen atoms in total. The Morgan fingerprint density at radius 3 is 2.86 bits per heavy atom. The predicted octanol–water partition coefficient (Wildman–Crippen LogP) is 4.81. The molecule has 0 saturated carbocycles. The maximum atomic E-state index is 13.0. The lowest BCUT2D eigenvalue weighted by Crippen LogP contribution is -2.40. The molecule has 1 aliphatic rings. The first-order valence-electron chi connectivity index (χ1n) is 11.2. The molecule has 1 aromatic heterocycles. The van der Waals surface area contributed by atoms with E-state index in [0.29, 0.717) is 58.2 Å². The van der Waals surface area contributed by atoms with Gasteiger partial charge in [0, 0.05) is 23.7 Å². The topological polar surface area (TPSA) is 100 Å². The number of piperidine rings is 1. The van der Waals surface area contributed by atoms with Gasteiger partial charge in [-0.3, -0.25) is 14.5 Å². The highest BCUT2D eigenvalue weighted by molar-refractivity contribution is 6.36. The van der Waals surface area contributed by atoms with Crippen molar-refractivity contribution in [1.29, 1.82) is 0 Å². The summed E-state index contributed by atoms with van der Waals surface area (Å²) in [6, 6.07) is 12.0. The van der Waals surface area contributed by atoms with E-state index < -0.39 is 0 Å². The summed E-state index contributed by atoms with van der Waals surface area (Å²) in [4.78, 5) is 32.0. The predicted molar refractivity (Wildman–Crippen MR) is 135 cm³/mol. The Hall–Kier alpha value is -3.20. The van der Waals surface area contributed by atoms with Gasteiger partial charge in [0.2, 0.25) is 17.6 Å². The minimum Gasteiger partial charge on any atom is -0.349 e. The summed E-state index contributed by atoms with van der Waals surface area (Å²) in [5, 5.41) is 10.7.